The Bertz CT molecular complexity index is 856. The van der Waals surface area contributed by atoms with Crippen LogP contribution in [0.1, 0.15) is 18.5 Å². The zero-order valence-electron chi connectivity index (χ0n) is 16.3. The lowest BCUT2D eigenvalue weighted by Crippen LogP contribution is -2.37. The van der Waals surface area contributed by atoms with Crippen molar-refractivity contribution in [3.8, 4) is 16.9 Å². The average Bonchev–Trinajstić information content (AvgIpc) is 3.28. The molecule has 0 radical (unpaired) electrons. The van der Waals surface area contributed by atoms with Crippen molar-refractivity contribution in [3.05, 3.63) is 72.8 Å². The zero-order valence-corrected chi connectivity index (χ0v) is 16.3. The fraction of sp³-hybridized carbons (Fsp3) is 0.348. The van der Waals surface area contributed by atoms with Crippen LogP contribution >= 0.6 is 0 Å². The van der Waals surface area contributed by atoms with Crippen molar-refractivity contribution in [1.82, 2.24) is 14.5 Å². The van der Waals surface area contributed by atoms with Crippen LogP contribution in [0, 0.1) is 0 Å². The van der Waals surface area contributed by atoms with Gasteiger partial charge in [0.2, 0.25) is 0 Å². The molecule has 0 aliphatic carbocycles. The van der Waals surface area contributed by atoms with E-state index < -0.39 is 0 Å². The van der Waals surface area contributed by atoms with Crippen LogP contribution in [-0.4, -0.2) is 47.4 Å². The zero-order chi connectivity index (χ0) is 19.2. The van der Waals surface area contributed by atoms with E-state index in [4.69, 9.17) is 9.47 Å². The number of benzene rings is 2. The normalized spacial score (nSPS) is 16.0. The number of ether oxygens (including phenoxy) is 2. The summed E-state index contributed by atoms with van der Waals surface area (Å²) in [5.41, 5.74) is 3.72. The van der Waals surface area contributed by atoms with E-state index in [9.17, 15) is 0 Å². The molecule has 3 aromatic rings. The summed E-state index contributed by atoms with van der Waals surface area (Å²) in [4.78, 5) is 6.53. The molecule has 0 N–H and O–H groups in total. The number of nitrogens with zero attached hydrogens (tertiary/aromatic N) is 3. The maximum atomic E-state index is 5.92. The molecule has 0 spiro atoms. The second kappa shape index (κ2) is 9.04. The first-order valence-electron chi connectivity index (χ1n) is 9.90. The first-order valence-corrected chi connectivity index (χ1v) is 9.90. The smallest absolute Gasteiger partial charge is 0.120 e. The Morgan fingerprint density at radius 3 is 2.64 bits per heavy atom. The fourth-order valence-electron chi connectivity index (χ4n) is 3.58. The second-order valence-corrected chi connectivity index (χ2v) is 7.12. The Morgan fingerprint density at radius 1 is 1.07 bits per heavy atom. The van der Waals surface area contributed by atoms with Gasteiger partial charge in [0, 0.05) is 31.5 Å². The molecule has 5 heteroatoms. The molecular formula is C23H27N3O2. The fourth-order valence-corrected chi connectivity index (χ4v) is 3.58. The molecule has 1 aliphatic heterocycles. The van der Waals surface area contributed by atoms with Gasteiger partial charge in [-0.15, -0.1) is 0 Å². The number of morpholine rings is 1. The first kappa shape index (κ1) is 18.7. The molecule has 2 heterocycles. The summed E-state index contributed by atoms with van der Waals surface area (Å²) >= 11 is 0. The Labute approximate surface area is 166 Å². The van der Waals surface area contributed by atoms with Crippen LogP contribution in [0.4, 0.5) is 0 Å². The highest BCUT2D eigenvalue weighted by Crippen LogP contribution is 2.27. The molecule has 4 rings (SSSR count). The third-order valence-corrected chi connectivity index (χ3v) is 5.33. The molecule has 0 bridgehead atoms. The van der Waals surface area contributed by atoms with Crippen molar-refractivity contribution < 1.29 is 9.47 Å². The van der Waals surface area contributed by atoms with Crippen LogP contribution in [-0.2, 0) is 11.3 Å². The van der Waals surface area contributed by atoms with Crippen LogP contribution < -0.4 is 4.74 Å². The van der Waals surface area contributed by atoms with Gasteiger partial charge in [0.15, 0.2) is 0 Å². The highest BCUT2D eigenvalue weighted by Gasteiger charge is 2.18. The van der Waals surface area contributed by atoms with E-state index in [1.807, 2.05) is 22.9 Å². The van der Waals surface area contributed by atoms with E-state index >= 15 is 0 Å². The standard InChI is InChI=1S/C23H27N3O2/c1-19(26-12-14-27-15-13-26)20-5-7-21(8-6-20)22-3-2-4-23(17-22)28-16-11-25-10-9-24-18-25/h2-10,17-19H,11-16H2,1H3/t19-/m0/s1. The van der Waals surface area contributed by atoms with Crippen molar-refractivity contribution in [2.24, 2.45) is 0 Å². The van der Waals surface area contributed by atoms with Crippen molar-refractivity contribution >= 4 is 0 Å². The van der Waals surface area contributed by atoms with E-state index in [1.165, 1.54) is 16.7 Å². The average molecular weight is 377 g/mol. The van der Waals surface area contributed by atoms with Gasteiger partial charge < -0.3 is 14.0 Å². The molecule has 2 aromatic carbocycles. The van der Waals surface area contributed by atoms with Crippen LogP contribution in [0.2, 0.25) is 0 Å². The molecule has 1 fully saturated rings. The van der Waals surface area contributed by atoms with E-state index in [1.54, 1.807) is 12.5 Å². The monoisotopic (exact) mass is 377 g/mol. The Morgan fingerprint density at radius 2 is 1.89 bits per heavy atom. The van der Waals surface area contributed by atoms with E-state index in [0.29, 0.717) is 12.6 Å². The largest absolute Gasteiger partial charge is 0.492 e. The lowest BCUT2D eigenvalue weighted by atomic mass is 10.0. The molecule has 0 amide bonds. The molecule has 1 aliphatic rings. The topological polar surface area (TPSA) is 39.5 Å². The van der Waals surface area contributed by atoms with Gasteiger partial charge in [-0.3, -0.25) is 4.90 Å². The Kier molecular flexibility index (Phi) is 6.04. The van der Waals surface area contributed by atoms with E-state index in [2.05, 4.69) is 53.2 Å². The summed E-state index contributed by atoms with van der Waals surface area (Å²) in [6, 6.07) is 17.6. The third kappa shape index (κ3) is 4.61. The van der Waals surface area contributed by atoms with E-state index in [0.717, 1.165) is 38.6 Å². The van der Waals surface area contributed by atoms with Gasteiger partial charge >= 0.3 is 0 Å². The summed E-state index contributed by atoms with van der Waals surface area (Å²) in [5, 5.41) is 0. The maximum absolute atomic E-state index is 5.92. The predicted octanol–water partition coefficient (Wildman–Crippen LogP) is 4.02. The van der Waals surface area contributed by atoms with Gasteiger partial charge in [-0.05, 0) is 35.7 Å². The number of imidazole rings is 1. The number of aromatic nitrogens is 2. The SMILES string of the molecule is C[C@@H](c1ccc(-c2cccc(OCCn3ccnc3)c2)cc1)N1CCOCC1. The van der Waals surface area contributed by atoms with Crippen molar-refractivity contribution in [2.75, 3.05) is 32.9 Å². The highest BCUT2D eigenvalue weighted by atomic mass is 16.5. The Hall–Kier alpha value is -2.63. The highest BCUT2D eigenvalue weighted by molar-refractivity contribution is 5.65. The van der Waals surface area contributed by atoms with Crippen LogP contribution in [0.3, 0.4) is 0 Å². The van der Waals surface area contributed by atoms with Gasteiger partial charge in [-0.2, -0.15) is 0 Å². The molecule has 1 saturated heterocycles. The number of hydrogen-bond donors (Lipinski definition) is 0. The lowest BCUT2D eigenvalue weighted by Gasteiger charge is -2.32. The lowest BCUT2D eigenvalue weighted by molar-refractivity contribution is 0.0198. The quantitative estimate of drug-likeness (QED) is 0.623. The number of hydrogen-bond acceptors (Lipinski definition) is 4. The first-order chi connectivity index (χ1) is 13.8. The van der Waals surface area contributed by atoms with Gasteiger partial charge in [0.1, 0.15) is 12.4 Å². The molecular weight excluding hydrogens is 350 g/mol. The minimum absolute atomic E-state index is 0.413. The second-order valence-electron chi connectivity index (χ2n) is 7.12. The summed E-state index contributed by atoms with van der Waals surface area (Å²) in [6.07, 6.45) is 5.53. The maximum Gasteiger partial charge on any atom is 0.120 e. The summed E-state index contributed by atoms with van der Waals surface area (Å²) in [5.74, 6) is 0.892. The van der Waals surface area contributed by atoms with E-state index in [-0.39, 0.29) is 0 Å². The molecule has 1 aromatic heterocycles. The predicted molar refractivity (Wildman–Crippen MR) is 110 cm³/mol. The van der Waals surface area contributed by atoms with Crippen LogP contribution in [0.5, 0.6) is 5.75 Å². The van der Waals surface area contributed by atoms with Crippen molar-refractivity contribution in [1.29, 1.82) is 0 Å². The third-order valence-electron chi connectivity index (χ3n) is 5.33. The molecule has 0 saturated carbocycles. The van der Waals surface area contributed by atoms with Crippen LogP contribution in [0.15, 0.2) is 67.3 Å². The van der Waals surface area contributed by atoms with Gasteiger partial charge in [-0.1, -0.05) is 36.4 Å². The number of rotatable bonds is 7. The van der Waals surface area contributed by atoms with Crippen molar-refractivity contribution in [3.63, 3.8) is 0 Å². The van der Waals surface area contributed by atoms with Crippen LogP contribution in [0.25, 0.3) is 11.1 Å². The van der Waals surface area contributed by atoms with Gasteiger partial charge in [0.05, 0.1) is 26.1 Å². The van der Waals surface area contributed by atoms with Gasteiger partial charge in [0.25, 0.3) is 0 Å². The molecule has 28 heavy (non-hydrogen) atoms. The minimum atomic E-state index is 0.413. The summed E-state index contributed by atoms with van der Waals surface area (Å²) < 4.78 is 13.4. The molecule has 0 unspecified atom stereocenters. The molecule has 146 valence electrons. The van der Waals surface area contributed by atoms with Crippen molar-refractivity contribution in [2.45, 2.75) is 19.5 Å². The minimum Gasteiger partial charge on any atom is -0.492 e. The summed E-state index contributed by atoms with van der Waals surface area (Å²) in [7, 11) is 0. The molecule has 5 nitrogen and oxygen atoms in total. The Balaban J connectivity index is 1.39. The van der Waals surface area contributed by atoms with Gasteiger partial charge in [-0.25, -0.2) is 4.98 Å². The summed E-state index contributed by atoms with van der Waals surface area (Å²) in [6.45, 7) is 7.35. The molecule has 1 atom stereocenters.